The van der Waals surface area contributed by atoms with Gasteiger partial charge < -0.3 is 9.47 Å². The second-order valence-corrected chi connectivity index (χ2v) is 5.25. The van der Waals surface area contributed by atoms with Crippen molar-refractivity contribution in [2.75, 3.05) is 26.2 Å². The average Bonchev–Trinajstić information content (AvgIpc) is 2.80. The van der Waals surface area contributed by atoms with Crippen molar-refractivity contribution in [3.63, 3.8) is 0 Å². The zero-order chi connectivity index (χ0) is 13.0. The number of aromatic nitrogens is 2. The van der Waals surface area contributed by atoms with Crippen LogP contribution in [0.5, 0.6) is 0 Å². The van der Waals surface area contributed by atoms with Crippen LogP contribution in [-0.2, 0) is 13.1 Å². The van der Waals surface area contributed by atoms with Crippen LogP contribution in [0.2, 0.25) is 0 Å². The van der Waals surface area contributed by atoms with Crippen molar-refractivity contribution in [3.05, 3.63) is 18.2 Å². The number of aryl methyl sites for hydroxylation is 1. The number of rotatable bonds is 5. The summed E-state index contributed by atoms with van der Waals surface area (Å²) < 4.78 is 2.24. The first-order valence-corrected chi connectivity index (χ1v) is 7.21. The first-order valence-electron chi connectivity index (χ1n) is 7.21. The Kier molecular flexibility index (Phi) is 4.78. The summed E-state index contributed by atoms with van der Waals surface area (Å²) in [4.78, 5) is 9.61. The molecule has 0 spiro atoms. The summed E-state index contributed by atoms with van der Waals surface area (Å²) >= 11 is 0. The Bertz CT molecular complexity index is 360. The first-order chi connectivity index (χ1) is 8.74. The number of piperazine rings is 1. The van der Waals surface area contributed by atoms with E-state index in [2.05, 4.69) is 46.3 Å². The third kappa shape index (κ3) is 3.12. The molecule has 102 valence electrons. The summed E-state index contributed by atoms with van der Waals surface area (Å²) in [5.74, 6) is 1.20. The van der Waals surface area contributed by atoms with Gasteiger partial charge in [0.1, 0.15) is 5.82 Å². The second-order valence-electron chi connectivity index (χ2n) is 5.25. The Morgan fingerprint density at radius 3 is 2.83 bits per heavy atom. The number of hydrogen-bond donors (Lipinski definition) is 0. The highest BCUT2D eigenvalue weighted by molar-refractivity contribution is 4.94. The van der Waals surface area contributed by atoms with Crippen LogP contribution in [0.3, 0.4) is 0 Å². The van der Waals surface area contributed by atoms with Crippen molar-refractivity contribution in [3.8, 4) is 0 Å². The highest BCUT2D eigenvalue weighted by atomic mass is 15.3. The third-order valence-electron chi connectivity index (χ3n) is 3.88. The van der Waals surface area contributed by atoms with Crippen LogP contribution >= 0.6 is 0 Å². The van der Waals surface area contributed by atoms with Gasteiger partial charge in [-0.1, -0.05) is 6.92 Å². The molecule has 1 aliphatic rings. The molecule has 0 unspecified atom stereocenters. The molecule has 1 fully saturated rings. The van der Waals surface area contributed by atoms with Crippen molar-refractivity contribution in [2.45, 2.75) is 46.3 Å². The van der Waals surface area contributed by atoms with E-state index in [-0.39, 0.29) is 0 Å². The monoisotopic (exact) mass is 250 g/mol. The van der Waals surface area contributed by atoms with Crippen molar-refractivity contribution >= 4 is 0 Å². The van der Waals surface area contributed by atoms with E-state index in [4.69, 9.17) is 0 Å². The molecule has 2 rings (SSSR count). The van der Waals surface area contributed by atoms with Crippen LogP contribution in [0.1, 0.15) is 33.0 Å². The van der Waals surface area contributed by atoms with Gasteiger partial charge in [0.05, 0.1) is 6.54 Å². The van der Waals surface area contributed by atoms with Gasteiger partial charge in [-0.15, -0.1) is 0 Å². The Labute approximate surface area is 111 Å². The molecule has 0 N–H and O–H groups in total. The smallest absolute Gasteiger partial charge is 0.122 e. The normalized spacial score (nSPS) is 22.5. The Morgan fingerprint density at radius 2 is 2.17 bits per heavy atom. The molecule has 4 nitrogen and oxygen atoms in total. The van der Waals surface area contributed by atoms with E-state index in [1.165, 1.54) is 31.9 Å². The molecular weight excluding hydrogens is 224 g/mol. The van der Waals surface area contributed by atoms with E-state index in [0.29, 0.717) is 6.04 Å². The van der Waals surface area contributed by atoms with E-state index in [9.17, 15) is 0 Å². The lowest BCUT2D eigenvalue weighted by Crippen LogP contribution is -2.51. The van der Waals surface area contributed by atoms with Crippen LogP contribution in [0, 0.1) is 0 Å². The largest absolute Gasteiger partial charge is 0.334 e. The molecule has 1 aromatic heterocycles. The van der Waals surface area contributed by atoms with Gasteiger partial charge in [0.25, 0.3) is 0 Å². The zero-order valence-corrected chi connectivity index (χ0v) is 12.0. The minimum atomic E-state index is 0.632. The number of imidazole rings is 1. The molecule has 0 bridgehead atoms. The van der Waals surface area contributed by atoms with E-state index >= 15 is 0 Å². The maximum absolute atomic E-state index is 4.48. The molecule has 1 atom stereocenters. The molecule has 2 heterocycles. The van der Waals surface area contributed by atoms with Gasteiger partial charge in [-0.2, -0.15) is 0 Å². The fourth-order valence-electron chi connectivity index (χ4n) is 2.79. The lowest BCUT2D eigenvalue weighted by Gasteiger charge is -2.39. The minimum Gasteiger partial charge on any atom is -0.334 e. The lowest BCUT2D eigenvalue weighted by atomic mass is 10.2. The fourth-order valence-corrected chi connectivity index (χ4v) is 2.79. The van der Waals surface area contributed by atoms with Gasteiger partial charge in [0.2, 0.25) is 0 Å². The summed E-state index contributed by atoms with van der Waals surface area (Å²) in [5, 5.41) is 0. The molecule has 18 heavy (non-hydrogen) atoms. The fraction of sp³-hybridized carbons (Fsp3) is 0.786. The average molecular weight is 250 g/mol. The van der Waals surface area contributed by atoms with Gasteiger partial charge in [0, 0.05) is 44.6 Å². The quantitative estimate of drug-likeness (QED) is 0.796. The van der Waals surface area contributed by atoms with Crippen molar-refractivity contribution < 1.29 is 0 Å². The second kappa shape index (κ2) is 6.34. The van der Waals surface area contributed by atoms with Crippen LogP contribution in [0.15, 0.2) is 12.4 Å². The van der Waals surface area contributed by atoms with Gasteiger partial charge in [0.15, 0.2) is 0 Å². The van der Waals surface area contributed by atoms with Gasteiger partial charge in [-0.05, 0) is 26.8 Å². The highest BCUT2D eigenvalue weighted by Gasteiger charge is 2.23. The van der Waals surface area contributed by atoms with E-state index < -0.39 is 0 Å². The summed E-state index contributed by atoms with van der Waals surface area (Å²) in [5.41, 5.74) is 0. The molecular formula is C14H26N4. The maximum Gasteiger partial charge on any atom is 0.122 e. The SMILES string of the molecule is CCCN1CCN(Cc2nccn2CC)[C@@H](C)C1. The summed E-state index contributed by atoms with van der Waals surface area (Å²) in [6.45, 7) is 13.6. The third-order valence-corrected chi connectivity index (χ3v) is 3.88. The minimum absolute atomic E-state index is 0.632. The molecule has 0 aliphatic carbocycles. The molecule has 0 saturated carbocycles. The topological polar surface area (TPSA) is 24.3 Å². The number of nitrogens with zero attached hydrogens (tertiary/aromatic N) is 4. The molecule has 0 radical (unpaired) electrons. The maximum atomic E-state index is 4.48. The Hall–Kier alpha value is -0.870. The van der Waals surface area contributed by atoms with Crippen molar-refractivity contribution in [1.82, 2.24) is 19.4 Å². The van der Waals surface area contributed by atoms with Crippen LogP contribution < -0.4 is 0 Å². The lowest BCUT2D eigenvalue weighted by molar-refractivity contribution is 0.0750. The molecule has 1 aliphatic heterocycles. The van der Waals surface area contributed by atoms with E-state index in [1.807, 2.05) is 6.20 Å². The Balaban J connectivity index is 1.91. The summed E-state index contributed by atoms with van der Waals surface area (Å²) in [6.07, 6.45) is 5.25. The van der Waals surface area contributed by atoms with Gasteiger partial charge >= 0.3 is 0 Å². The van der Waals surface area contributed by atoms with Gasteiger partial charge in [-0.25, -0.2) is 4.98 Å². The molecule has 1 aromatic rings. The zero-order valence-electron chi connectivity index (χ0n) is 12.0. The number of hydrogen-bond acceptors (Lipinski definition) is 3. The summed E-state index contributed by atoms with van der Waals surface area (Å²) in [6, 6.07) is 0.632. The van der Waals surface area contributed by atoms with Crippen LogP contribution in [0.25, 0.3) is 0 Å². The summed E-state index contributed by atoms with van der Waals surface area (Å²) in [7, 11) is 0. The van der Waals surface area contributed by atoms with E-state index in [0.717, 1.165) is 19.6 Å². The van der Waals surface area contributed by atoms with Crippen molar-refractivity contribution in [2.24, 2.45) is 0 Å². The Morgan fingerprint density at radius 1 is 1.33 bits per heavy atom. The molecule has 0 aromatic carbocycles. The van der Waals surface area contributed by atoms with Crippen molar-refractivity contribution in [1.29, 1.82) is 0 Å². The molecule has 0 amide bonds. The van der Waals surface area contributed by atoms with Crippen LogP contribution in [0.4, 0.5) is 0 Å². The predicted molar refractivity (Wildman–Crippen MR) is 74.5 cm³/mol. The first kappa shape index (κ1) is 13.6. The van der Waals surface area contributed by atoms with Crippen LogP contribution in [-0.4, -0.2) is 51.6 Å². The molecule has 4 heteroatoms. The molecule has 1 saturated heterocycles. The standard InChI is InChI=1S/C14H26N4/c1-4-7-16-9-10-18(13(3)11-16)12-14-15-6-8-17(14)5-2/h6,8,13H,4-5,7,9-12H2,1-3H3/t13-/m0/s1. The predicted octanol–water partition coefficient (Wildman–Crippen LogP) is 1.82. The van der Waals surface area contributed by atoms with E-state index in [1.54, 1.807) is 0 Å². The highest BCUT2D eigenvalue weighted by Crippen LogP contribution is 2.13. The van der Waals surface area contributed by atoms with Gasteiger partial charge in [-0.3, -0.25) is 4.90 Å².